The molecule has 0 spiro atoms. The van der Waals surface area contributed by atoms with Gasteiger partial charge in [-0.05, 0) is 31.5 Å². The summed E-state index contributed by atoms with van der Waals surface area (Å²) in [6.45, 7) is 13.3. The van der Waals surface area contributed by atoms with Gasteiger partial charge < -0.3 is 10.2 Å². The van der Waals surface area contributed by atoms with Crippen LogP contribution in [0.1, 0.15) is 26.3 Å². The first-order valence-corrected chi connectivity index (χ1v) is 6.64. The van der Waals surface area contributed by atoms with E-state index < -0.39 is 0 Å². The number of benzene rings is 1. The summed E-state index contributed by atoms with van der Waals surface area (Å²) in [5.41, 5.74) is 2.53. The van der Waals surface area contributed by atoms with Gasteiger partial charge in [0.2, 0.25) is 0 Å². The highest BCUT2D eigenvalue weighted by Crippen LogP contribution is 2.08. The number of anilines is 1. The molecule has 0 aliphatic heterocycles. The third-order valence-electron chi connectivity index (χ3n) is 2.88. The van der Waals surface area contributed by atoms with Gasteiger partial charge in [-0.25, -0.2) is 0 Å². The number of nitrogens with zero attached hydrogens (tertiary/aromatic N) is 1. The summed E-state index contributed by atoms with van der Waals surface area (Å²) in [4.78, 5) is 2.49. The van der Waals surface area contributed by atoms with Crippen molar-refractivity contribution >= 4 is 5.69 Å². The summed E-state index contributed by atoms with van der Waals surface area (Å²) >= 11 is 0. The van der Waals surface area contributed by atoms with Gasteiger partial charge in [0, 0.05) is 25.3 Å². The van der Waals surface area contributed by atoms with Crippen LogP contribution < -0.4 is 5.32 Å². The molecule has 96 valence electrons. The highest BCUT2D eigenvalue weighted by molar-refractivity contribution is 5.44. The Morgan fingerprint density at radius 1 is 1.18 bits per heavy atom. The molecule has 0 unspecified atom stereocenters. The maximum absolute atomic E-state index is 3.47. The molecular weight excluding hydrogens is 208 g/mol. The Morgan fingerprint density at radius 3 is 2.35 bits per heavy atom. The van der Waals surface area contributed by atoms with Crippen LogP contribution in [0.4, 0.5) is 5.69 Å². The molecule has 0 saturated heterocycles. The van der Waals surface area contributed by atoms with Crippen LogP contribution in [-0.2, 0) is 0 Å². The second-order valence-corrected chi connectivity index (χ2v) is 5.08. The lowest BCUT2D eigenvalue weighted by molar-refractivity contribution is 0.265. The maximum atomic E-state index is 3.47. The van der Waals surface area contributed by atoms with E-state index in [1.807, 2.05) is 0 Å². The fourth-order valence-corrected chi connectivity index (χ4v) is 1.92. The molecule has 0 saturated carbocycles. The molecule has 0 aromatic heterocycles. The van der Waals surface area contributed by atoms with Crippen molar-refractivity contribution in [3.8, 4) is 0 Å². The molecule has 0 aliphatic rings. The molecule has 2 nitrogen and oxygen atoms in total. The van der Waals surface area contributed by atoms with Crippen LogP contribution in [0, 0.1) is 12.8 Å². The molecule has 1 aromatic rings. The fourth-order valence-electron chi connectivity index (χ4n) is 1.92. The molecule has 1 aromatic carbocycles. The summed E-state index contributed by atoms with van der Waals surface area (Å²) in [5, 5.41) is 3.47. The van der Waals surface area contributed by atoms with Crippen molar-refractivity contribution in [2.45, 2.75) is 27.7 Å². The van der Waals surface area contributed by atoms with E-state index in [9.17, 15) is 0 Å². The summed E-state index contributed by atoms with van der Waals surface area (Å²) in [6, 6.07) is 8.59. The summed E-state index contributed by atoms with van der Waals surface area (Å²) in [6.07, 6.45) is 0. The molecule has 17 heavy (non-hydrogen) atoms. The molecule has 0 radical (unpaired) electrons. The summed E-state index contributed by atoms with van der Waals surface area (Å²) < 4.78 is 0. The minimum absolute atomic E-state index is 0.745. The first kappa shape index (κ1) is 14.0. The zero-order chi connectivity index (χ0) is 12.7. The van der Waals surface area contributed by atoms with Crippen LogP contribution in [0.5, 0.6) is 0 Å². The Kier molecular flexibility index (Phi) is 6.06. The monoisotopic (exact) mass is 234 g/mol. The Hall–Kier alpha value is -1.02. The normalized spacial score (nSPS) is 11.2. The van der Waals surface area contributed by atoms with Crippen molar-refractivity contribution in [1.29, 1.82) is 0 Å². The number of rotatable bonds is 7. The minimum atomic E-state index is 0.745. The second kappa shape index (κ2) is 7.33. The first-order valence-electron chi connectivity index (χ1n) is 6.64. The molecule has 1 rings (SSSR count). The number of aryl methyl sites for hydroxylation is 1. The van der Waals surface area contributed by atoms with Gasteiger partial charge in [-0.15, -0.1) is 0 Å². The number of nitrogens with one attached hydrogen (secondary N) is 1. The summed E-state index contributed by atoms with van der Waals surface area (Å²) in [5.74, 6) is 0.745. The van der Waals surface area contributed by atoms with Gasteiger partial charge in [0.25, 0.3) is 0 Å². The van der Waals surface area contributed by atoms with E-state index in [-0.39, 0.29) is 0 Å². The lowest BCUT2D eigenvalue weighted by Gasteiger charge is -2.22. The molecule has 0 aliphatic carbocycles. The van der Waals surface area contributed by atoms with Crippen molar-refractivity contribution in [2.24, 2.45) is 5.92 Å². The molecule has 0 heterocycles. The van der Waals surface area contributed by atoms with Crippen molar-refractivity contribution in [3.63, 3.8) is 0 Å². The van der Waals surface area contributed by atoms with Crippen LogP contribution in [0.15, 0.2) is 24.3 Å². The van der Waals surface area contributed by atoms with E-state index in [1.165, 1.54) is 17.8 Å². The molecule has 0 amide bonds. The quantitative estimate of drug-likeness (QED) is 0.778. The zero-order valence-corrected chi connectivity index (χ0v) is 11.7. The molecule has 0 fully saturated rings. The Morgan fingerprint density at radius 2 is 1.82 bits per heavy atom. The standard InChI is InChI=1S/C15H26N2/c1-5-17(12-13(2)3)11-10-16-15-8-6-14(4)7-9-15/h6-9,13,16H,5,10-12H2,1-4H3. The minimum Gasteiger partial charge on any atom is -0.384 e. The lowest BCUT2D eigenvalue weighted by atomic mass is 10.2. The smallest absolute Gasteiger partial charge is 0.0340 e. The summed E-state index contributed by atoms with van der Waals surface area (Å²) in [7, 11) is 0. The van der Waals surface area contributed by atoms with Crippen molar-refractivity contribution in [2.75, 3.05) is 31.5 Å². The molecular formula is C15H26N2. The number of hydrogen-bond donors (Lipinski definition) is 1. The van der Waals surface area contributed by atoms with Gasteiger partial charge in [0.1, 0.15) is 0 Å². The average molecular weight is 234 g/mol. The third-order valence-corrected chi connectivity index (χ3v) is 2.88. The van der Waals surface area contributed by atoms with E-state index >= 15 is 0 Å². The molecule has 1 N–H and O–H groups in total. The number of likely N-dealkylation sites (N-methyl/N-ethyl adjacent to an activating group) is 1. The van der Waals surface area contributed by atoms with Gasteiger partial charge in [0.05, 0.1) is 0 Å². The Balaban J connectivity index is 2.28. The van der Waals surface area contributed by atoms with E-state index in [0.29, 0.717) is 0 Å². The van der Waals surface area contributed by atoms with E-state index in [0.717, 1.165) is 25.6 Å². The molecule has 0 atom stereocenters. The van der Waals surface area contributed by atoms with Crippen LogP contribution >= 0.6 is 0 Å². The fraction of sp³-hybridized carbons (Fsp3) is 0.600. The third kappa shape index (κ3) is 5.73. The Bertz CT molecular complexity index is 303. The van der Waals surface area contributed by atoms with Gasteiger partial charge in [-0.2, -0.15) is 0 Å². The predicted molar refractivity (Wildman–Crippen MR) is 76.6 cm³/mol. The van der Waals surface area contributed by atoms with Gasteiger partial charge in [0.15, 0.2) is 0 Å². The Labute approximate surface area is 106 Å². The SMILES string of the molecule is CCN(CCNc1ccc(C)cc1)CC(C)C. The largest absolute Gasteiger partial charge is 0.384 e. The highest BCUT2D eigenvalue weighted by atomic mass is 15.1. The van der Waals surface area contributed by atoms with Gasteiger partial charge >= 0.3 is 0 Å². The van der Waals surface area contributed by atoms with E-state index in [4.69, 9.17) is 0 Å². The predicted octanol–water partition coefficient (Wildman–Crippen LogP) is 3.38. The van der Waals surface area contributed by atoms with Crippen LogP contribution in [0.2, 0.25) is 0 Å². The molecule has 2 heteroatoms. The zero-order valence-electron chi connectivity index (χ0n) is 11.7. The second-order valence-electron chi connectivity index (χ2n) is 5.08. The van der Waals surface area contributed by atoms with Gasteiger partial charge in [-0.1, -0.05) is 38.5 Å². The molecule has 0 bridgehead atoms. The maximum Gasteiger partial charge on any atom is 0.0340 e. The van der Waals surface area contributed by atoms with Crippen LogP contribution in [-0.4, -0.2) is 31.1 Å². The van der Waals surface area contributed by atoms with Crippen LogP contribution in [0.3, 0.4) is 0 Å². The van der Waals surface area contributed by atoms with Crippen molar-refractivity contribution < 1.29 is 0 Å². The average Bonchev–Trinajstić information content (AvgIpc) is 2.30. The lowest BCUT2D eigenvalue weighted by Crippen LogP contribution is -2.32. The topological polar surface area (TPSA) is 15.3 Å². The van der Waals surface area contributed by atoms with E-state index in [2.05, 4.69) is 62.2 Å². The number of hydrogen-bond acceptors (Lipinski definition) is 2. The highest BCUT2D eigenvalue weighted by Gasteiger charge is 2.04. The van der Waals surface area contributed by atoms with Crippen molar-refractivity contribution in [1.82, 2.24) is 4.90 Å². The van der Waals surface area contributed by atoms with Gasteiger partial charge in [-0.3, -0.25) is 0 Å². The van der Waals surface area contributed by atoms with Crippen molar-refractivity contribution in [3.05, 3.63) is 29.8 Å². The van der Waals surface area contributed by atoms with E-state index in [1.54, 1.807) is 0 Å². The first-order chi connectivity index (χ1) is 8.11. The van der Waals surface area contributed by atoms with Crippen LogP contribution in [0.25, 0.3) is 0 Å².